The molecule has 6 nitrogen and oxygen atoms in total. The zero-order valence-corrected chi connectivity index (χ0v) is 16.2. The average Bonchev–Trinajstić information content (AvgIpc) is 3.12. The molecule has 0 bridgehead atoms. The maximum atomic E-state index is 13.6. The van der Waals surface area contributed by atoms with E-state index in [4.69, 9.17) is 0 Å². The van der Waals surface area contributed by atoms with Crippen molar-refractivity contribution >= 4 is 5.91 Å². The molecular weight excluding hydrogens is 390 g/mol. The second kappa shape index (κ2) is 8.48. The van der Waals surface area contributed by atoms with E-state index in [0.717, 1.165) is 38.1 Å². The van der Waals surface area contributed by atoms with Crippen molar-refractivity contribution in [2.45, 2.75) is 38.9 Å². The van der Waals surface area contributed by atoms with Crippen LogP contribution in [0.2, 0.25) is 0 Å². The summed E-state index contributed by atoms with van der Waals surface area (Å²) in [6.45, 7) is 6.18. The maximum Gasteiger partial charge on any atom is 0.435 e. The summed E-state index contributed by atoms with van der Waals surface area (Å²) in [5.41, 5.74) is -2.31. The van der Waals surface area contributed by atoms with Crippen molar-refractivity contribution in [1.29, 1.82) is 0 Å². The summed E-state index contributed by atoms with van der Waals surface area (Å²) in [6.07, 6.45) is -3.02. The third-order valence-electron chi connectivity index (χ3n) is 5.04. The molecule has 1 aliphatic heterocycles. The minimum Gasteiger partial charge on any atom is -0.350 e. The summed E-state index contributed by atoms with van der Waals surface area (Å²) >= 11 is 0. The molecule has 1 N–H and O–H groups in total. The lowest BCUT2D eigenvalue weighted by atomic mass is 9.97. The van der Waals surface area contributed by atoms with Crippen molar-refractivity contribution < 1.29 is 22.4 Å². The van der Waals surface area contributed by atoms with E-state index in [1.165, 1.54) is 12.1 Å². The molecule has 1 aliphatic rings. The van der Waals surface area contributed by atoms with Crippen molar-refractivity contribution in [2.75, 3.05) is 19.6 Å². The van der Waals surface area contributed by atoms with Gasteiger partial charge in [-0.05, 0) is 57.4 Å². The number of halogens is 4. The number of nitrogens with zero attached hydrogens (tertiary/aromatic N) is 4. The predicted molar refractivity (Wildman–Crippen MR) is 98.1 cm³/mol. The van der Waals surface area contributed by atoms with E-state index in [0.29, 0.717) is 10.7 Å². The highest BCUT2D eigenvalue weighted by Crippen LogP contribution is 2.32. The van der Waals surface area contributed by atoms with Gasteiger partial charge in [0, 0.05) is 19.1 Å². The summed E-state index contributed by atoms with van der Waals surface area (Å²) < 4.78 is 54.8. The molecule has 1 aromatic heterocycles. The van der Waals surface area contributed by atoms with E-state index in [1.54, 1.807) is 0 Å². The van der Waals surface area contributed by atoms with Crippen molar-refractivity contribution in [3.8, 4) is 5.69 Å². The Bertz CT molecular complexity index is 865. The summed E-state index contributed by atoms with van der Waals surface area (Å²) in [7, 11) is 0. The van der Waals surface area contributed by atoms with Gasteiger partial charge in [0.1, 0.15) is 5.82 Å². The zero-order chi connectivity index (χ0) is 21.2. The van der Waals surface area contributed by atoms with Crippen molar-refractivity contribution in [3.05, 3.63) is 41.5 Å². The summed E-state index contributed by atoms with van der Waals surface area (Å²) in [4.78, 5) is 14.7. The highest BCUT2D eigenvalue weighted by atomic mass is 19.4. The predicted octanol–water partition coefficient (Wildman–Crippen LogP) is 3.28. The first-order chi connectivity index (χ1) is 13.7. The third kappa shape index (κ3) is 4.92. The fourth-order valence-electron chi connectivity index (χ4n) is 3.53. The Kier molecular flexibility index (Phi) is 6.21. The summed E-state index contributed by atoms with van der Waals surface area (Å²) in [6, 6.07) is 4.89. The first kappa shape index (κ1) is 21.2. The average molecular weight is 413 g/mol. The highest BCUT2D eigenvalue weighted by Gasteiger charge is 2.42. The van der Waals surface area contributed by atoms with Crippen LogP contribution < -0.4 is 5.32 Å². The number of hydrogen-bond acceptors (Lipinski definition) is 4. The van der Waals surface area contributed by atoms with Gasteiger partial charge in [0.2, 0.25) is 0 Å². The van der Waals surface area contributed by atoms with Gasteiger partial charge in [0.15, 0.2) is 11.4 Å². The zero-order valence-electron chi connectivity index (χ0n) is 16.2. The maximum absolute atomic E-state index is 13.6. The molecule has 0 saturated carbocycles. The number of carbonyl (C=O) groups is 1. The lowest BCUT2D eigenvalue weighted by Gasteiger charge is -2.35. The van der Waals surface area contributed by atoms with Crippen molar-refractivity contribution in [3.63, 3.8) is 0 Å². The van der Waals surface area contributed by atoms with Crippen LogP contribution in [-0.4, -0.2) is 51.5 Å². The molecule has 3 rings (SSSR count). The van der Waals surface area contributed by atoms with Crippen LogP contribution in [0.3, 0.4) is 0 Å². The summed E-state index contributed by atoms with van der Waals surface area (Å²) in [5, 5.41) is 9.46. The monoisotopic (exact) mass is 413 g/mol. The van der Waals surface area contributed by atoms with Gasteiger partial charge in [0.05, 0.1) is 5.69 Å². The van der Waals surface area contributed by atoms with Crippen molar-refractivity contribution in [1.82, 2.24) is 25.2 Å². The van der Waals surface area contributed by atoms with Crippen LogP contribution >= 0.6 is 0 Å². The van der Waals surface area contributed by atoms with Gasteiger partial charge in [-0.25, -0.2) is 9.07 Å². The van der Waals surface area contributed by atoms with Crippen LogP contribution in [-0.2, 0) is 6.18 Å². The van der Waals surface area contributed by atoms with Gasteiger partial charge in [-0.2, -0.15) is 13.2 Å². The Hall–Kier alpha value is -2.49. The second-order valence-corrected chi connectivity index (χ2v) is 7.48. The Morgan fingerprint density at radius 3 is 2.76 bits per heavy atom. The number of alkyl halides is 3. The Balaban J connectivity index is 1.79. The van der Waals surface area contributed by atoms with Crippen LogP contribution in [0.1, 0.15) is 42.9 Å². The number of nitrogens with one attached hydrogen (secondary N) is 1. The summed E-state index contributed by atoms with van der Waals surface area (Å²) in [5.74, 6) is -1.51. The fraction of sp³-hybridized carbons (Fsp3) is 0.526. The van der Waals surface area contributed by atoms with Gasteiger partial charge in [-0.1, -0.05) is 11.3 Å². The van der Waals surface area contributed by atoms with Gasteiger partial charge < -0.3 is 10.2 Å². The number of benzene rings is 1. The highest BCUT2D eigenvalue weighted by molar-refractivity contribution is 5.93. The van der Waals surface area contributed by atoms with Crippen LogP contribution in [0.5, 0.6) is 0 Å². The molecule has 2 aromatic rings. The molecule has 1 fully saturated rings. The van der Waals surface area contributed by atoms with E-state index in [2.05, 4.69) is 34.4 Å². The van der Waals surface area contributed by atoms with Crippen LogP contribution in [0.15, 0.2) is 24.3 Å². The minimum atomic E-state index is -4.89. The quantitative estimate of drug-likeness (QED) is 0.765. The van der Waals surface area contributed by atoms with E-state index in [1.807, 2.05) is 0 Å². The lowest BCUT2D eigenvalue weighted by Crippen LogP contribution is -2.44. The number of amides is 1. The molecule has 158 valence electrons. The first-order valence-corrected chi connectivity index (χ1v) is 9.48. The molecule has 0 aliphatic carbocycles. The normalized spacial score (nSPS) is 18.2. The van der Waals surface area contributed by atoms with Gasteiger partial charge in [-0.3, -0.25) is 4.79 Å². The Labute approximate surface area is 165 Å². The number of rotatable bonds is 5. The molecule has 2 heterocycles. The van der Waals surface area contributed by atoms with E-state index >= 15 is 0 Å². The van der Waals surface area contributed by atoms with Crippen LogP contribution in [0.4, 0.5) is 17.6 Å². The number of aromatic nitrogens is 3. The minimum absolute atomic E-state index is 0.155. The molecule has 29 heavy (non-hydrogen) atoms. The lowest BCUT2D eigenvalue weighted by molar-refractivity contribution is -0.143. The van der Waals surface area contributed by atoms with Gasteiger partial charge in [-0.15, -0.1) is 5.10 Å². The van der Waals surface area contributed by atoms with Crippen LogP contribution in [0, 0.1) is 11.7 Å². The molecule has 0 radical (unpaired) electrons. The van der Waals surface area contributed by atoms with Crippen molar-refractivity contribution in [2.24, 2.45) is 5.92 Å². The second-order valence-electron chi connectivity index (χ2n) is 7.48. The number of hydrogen-bond donors (Lipinski definition) is 1. The standard InChI is InChI=1S/C19H23F4N5O/c1-12(2)27-8-4-5-13(11-27)10-24-18(29)16-17(19(21,22)23)28(26-25-16)15-7-3-6-14(20)9-15/h3,6-7,9,12-13H,4-5,8,10-11H2,1-2H3,(H,24,29). The molecule has 1 saturated heterocycles. The molecule has 1 amide bonds. The molecule has 1 unspecified atom stereocenters. The molecule has 1 aromatic carbocycles. The molecular formula is C19H23F4N5O. The number of piperidine rings is 1. The van der Waals surface area contributed by atoms with Crippen LogP contribution in [0.25, 0.3) is 5.69 Å². The van der Waals surface area contributed by atoms with Gasteiger partial charge in [0.25, 0.3) is 5.91 Å². The number of carbonyl (C=O) groups excluding carboxylic acids is 1. The van der Waals surface area contributed by atoms with E-state index in [9.17, 15) is 22.4 Å². The Morgan fingerprint density at radius 2 is 2.10 bits per heavy atom. The Morgan fingerprint density at radius 1 is 1.34 bits per heavy atom. The fourth-order valence-corrected chi connectivity index (χ4v) is 3.53. The largest absolute Gasteiger partial charge is 0.435 e. The van der Waals surface area contributed by atoms with Gasteiger partial charge >= 0.3 is 6.18 Å². The molecule has 1 atom stereocenters. The molecule has 10 heteroatoms. The van der Waals surface area contributed by atoms with E-state index in [-0.39, 0.29) is 18.2 Å². The third-order valence-corrected chi connectivity index (χ3v) is 5.04. The van der Waals surface area contributed by atoms with E-state index < -0.39 is 29.3 Å². The SMILES string of the molecule is CC(C)N1CCCC(CNC(=O)c2nnn(-c3cccc(F)c3)c2C(F)(F)F)C1. The molecule has 0 spiro atoms. The smallest absolute Gasteiger partial charge is 0.350 e. The first-order valence-electron chi connectivity index (χ1n) is 9.48. The topological polar surface area (TPSA) is 63.1 Å². The number of likely N-dealkylation sites (tertiary alicyclic amines) is 1.